The molecule has 1 saturated carbocycles. The van der Waals surface area contributed by atoms with Crippen LogP contribution in [0.1, 0.15) is 70.9 Å². The van der Waals surface area contributed by atoms with Gasteiger partial charge in [-0.05, 0) is 62.1 Å². The number of carboxylic acids is 1. The van der Waals surface area contributed by atoms with Gasteiger partial charge in [0.1, 0.15) is 17.4 Å². The van der Waals surface area contributed by atoms with Crippen LogP contribution in [0.25, 0.3) is 11.3 Å². The molecule has 0 amide bonds. The van der Waals surface area contributed by atoms with E-state index in [9.17, 15) is 14.7 Å². The van der Waals surface area contributed by atoms with Crippen molar-refractivity contribution in [2.75, 3.05) is 4.90 Å². The molecule has 186 valence electrons. The second-order valence-electron chi connectivity index (χ2n) is 9.78. The lowest BCUT2D eigenvalue weighted by Gasteiger charge is -2.40. The summed E-state index contributed by atoms with van der Waals surface area (Å²) in [5, 5.41) is 14.2. The number of carbonyl (C=O) groups is 2. The predicted octanol–water partition coefficient (Wildman–Crippen LogP) is 6.58. The topological polar surface area (TPSA) is 92.9 Å². The summed E-state index contributed by atoms with van der Waals surface area (Å²) in [6.45, 7) is 0. The summed E-state index contributed by atoms with van der Waals surface area (Å²) in [6, 6.07) is 12.6. The van der Waals surface area contributed by atoms with Crippen molar-refractivity contribution in [3.8, 4) is 11.3 Å². The van der Waals surface area contributed by atoms with Gasteiger partial charge in [0.15, 0.2) is 5.76 Å². The van der Waals surface area contributed by atoms with Crippen molar-refractivity contribution in [3.63, 3.8) is 0 Å². The van der Waals surface area contributed by atoms with Crippen LogP contribution in [-0.2, 0) is 4.74 Å². The average molecular weight is 527 g/mol. The Kier molecular flexibility index (Phi) is 5.92. The van der Waals surface area contributed by atoms with Gasteiger partial charge >= 0.3 is 11.9 Å². The number of ether oxygens (including phenoxy) is 1. The van der Waals surface area contributed by atoms with E-state index in [4.69, 9.17) is 32.5 Å². The van der Waals surface area contributed by atoms with E-state index < -0.39 is 11.9 Å². The monoisotopic (exact) mass is 526 g/mol. The Morgan fingerprint density at radius 1 is 0.972 bits per heavy atom. The summed E-state index contributed by atoms with van der Waals surface area (Å²) in [4.78, 5) is 27.1. The van der Waals surface area contributed by atoms with E-state index in [1.165, 1.54) is 0 Å². The number of aromatic nitrogens is 1. The number of carboxylic acid groups (broad SMARTS) is 1. The number of carbonyl (C=O) groups excluding carboxylic acids is 1. The molecule has 1 aliphatic carbocycles. The zero-order valence-electron chi connectivity index (χ0n) is 19.3. The zero-order chi connectivity index (χ0) is 25.0. The second kappa shape index (κ2) is 9.12. The Bertz CT molecular complexity index is 1300. The summed E-state index contributed by atoms with van der Waals surface area (Å²) < 4.78 is 11.7. The quantitative estimate of drug-likeness (QED) is 0.362. The first-order chi connectivity index (χ1) is 17.4. The third-order valence-corrected chi connectivity index (χ3v) is 8.08. The zero-order valence-corrected chi connectivity index (χ0v) is 20.8. The van der Waals surface area contributed by atoms with E-state index in [1.54, 1.807) is 30.3 Å². The lowest BCUT2D eigenvalue weighted by Crippen LogP contribution is -2.46. The van der Waals surface area contributed by atoms with Crippen molar-refractivity contribution in [1.82, 2.24) is 5.16 Å². The van der Waals surface area contributed by atoms with Crippen LogP contribution in [0.5, 0.6) is 0 Å². The summed E-state index contributed by atoms with van der Waals surface area (Å²) in [6.07, 6.45) is 5.05. The van der Waals surface area contributed by atoms with E-state index in [1.807, 2.05) is 12.1 Å². The minimum atomic E-state index is -0.938. The number of esters is 1. The molecule has 2 saturated heterocycles. The fourth-order valence-corrected chi connectivity index (χ4v) is 6.23. The Morgan fingerprint density at radius 2 is 1.61 bits per heavy atom. The third kappa shape index (κ3) is 4.14. The molecule has 2 aromatic carbocycles. The molecule has 0 spiro atoms. The number of hydrogen-bond acceptors (Lipinski definition) is 6. The molecule has 2 aliphatic heterocycles. The Morgan fingerprint density at radius 3 is 2.19 bits per heavy atom. The fourth-order valence-electron chi connectivity index (χ4n) is 5.65. The number of hydrogen-bond donors (Lipinski definition) is 1. The highest BCUT2D eigenvalue weighted by atomic mass is 35.5. The average Bonchev–Trinajstić information content (AvgIpc) is 3.55. The van der Waals surface area contributed by atoms with E-state index >= 15 is 0 Å². The third-order valence-electron chi connectivity index (χ3n) is 7.45. The first kappa shape index (κ1) is 23.4. The van der Waals surface area contributed by atoms with Gasteiger partial charge in [-0.25, -0.2) is 9.59 Å². The first-order valence-corrected chi connectivity index (χ1v) is 12.9. The number of fused-ring (bicyclic) bond motifs is 2. The summed E-state index contributed by atoms with van der Waals surface area (Å²) >= 11 is 12.9. The summed E-state index contributed by atoms with van der Waals surface area (Å²) in [5.41, 5.74) is 2.40. The van der Waals surface area contributed by atoms with Crippen LogP contribution in [0.4, 0.5) is 5.69 Å². The molecule has 9 heteroatoms. The van der Waals surface area contributed by atoms with Crippen LogP contribution < -0.4 is 4.90 Å². The second-order valence-corrected chi connectivity index (χ2v) is 10.6. The maximum Gasteiger partial charge on any atom is 0.344 e. The lowest BCUT2D eigenvalue weighted by molar-refractivity contribution is 0.0202. The van der Waals surface area contributed by atoms with Crippen LogP contribution in [0.2, 0.25) is 10.0 Å². The van der Waals surface area contributed by atoms with Gasteiger partial charge in [-0.15, -0.1) is 0 Å². The van der Waals surface area contributed by atoms with Crippen molar-refractivity contribution in [2.24, 2.45) is 0 Å². The Labute approximate surface area is 217 Å². The van der Waals surface area contributed by atoms with Crippen molar-refractivity contribution in [3.05, 3.63) is 69.4 Å². The van der Waals surface area contributed by atoms with Crippen LogP contribution in [0.15, 0.2) is 47.0 Å². The van der Waals surface area contributed by atoms with Crippen molar-refractivity contribution in [2.45, 2.75) is 62.6 Å². The highest BCUT2D eigenvalue weighted by molar-refractivity contribution is 6.39. The van der Waals surface area contributed by atoms with Crippen molar-refractivity contribution >= 4 is 40.8 Å². The molecule has 3 aliphatic rings. The normalized spacial score (nSPS) is 23.1. The van der Waals surface area contributed by atoms with Gasteiger partial charge in [0.2, 0.25) is 0 Å². The molecule has 3 heterocycles. The maximum absolute atomic E-state index is 13.6. The van der Waals surface area contributed by atoms with Gasteiger partial charge in [0.25, 0.3) is 0 Å². The van der Waals surface area contributed by atoms with E-state index in [0.717, 1.165) is 31.4 Å². The maximum atomic E-state index is 13.6. The van der Waals surface area contributed by atoms with Gasteiger partial charge in [-0.1, -0.05) is 34.4 Å². The molecule has 7 nitrogen and oxygen atoms in total. The molecule has 3 atom stereocenters. The number of piperidine rings is 1. The number of benzene rings is 2. The molecule has 3 aromatic rings. The molecule has 0 unspecified atom stereocenters. The minimum Gasteiger partial charge on any atom is -0.478 e. The SMILES string of the molecule is O=C(O)c1ccc(N2[C@@H]3CC[C@H]2C[C@H](OC(=O)c2c(-c4c(Cl)cccc4Cl)noc2C2CC2)C3)cc1. The standard InChI is InChI=1S/C27H24Cl2N2O5/c28-20-2-1-3-21(29)22(20)24-23(25(36-30-24)14-4-5-14)27(34)35-19-12-17-10-11-18(13-19)31(17)16-8-6-15(7-9-16)26(32)33/h1-3,6-9,14,17-19H,4-5,10-13H2,(H,32,33)/t17-,18+,19-. The summed E-state index contributed by atoms with van der Waals surface area (Å²) in [7, 11) is 0. The number of anilines is 1. The number of nitrogens with zero attached hydrogens (tertiary/aromatic N) is 2. The number of rotatable bonds is 6. The van der Waals surface area contributed by atoms with Gasteiger partial charge in [0, 0.05) is 42.1 Å². The van der Waals surface area contributed by atoms with Crippen LogP contribution in [-0.4, -0.2) is 40.4 Å². The highest BCUT2D eigenvalue weighted by Gasteiger charge is 2.43. The Balaban J connectivity index is 1.23. The molecule has 3 fully saturated rings. The summed E-state index contributed by atoms with van der Waals surface area (Å²) in [5.74, 6) is -0.688. The predicted molar refractivity (Wildman–Crippen MR) is 135 cm³/mol. The largest absolute Gasteiger partial charge is 0.478 e. The van der Waals surface area contributed by atoms with Gasteiger partial charge in [-0.2, -0.15) is 0 Å². The molecule has 1 aromatic heterocycles. The van der Waals surface area contributed by atoms with E-state index in [-0.39, 0.29) is 29.7 Å². The van der Waals surface area contributed by atoms with E-state index in [0.29, 0.717) is 45.5 Å². The van der Waals surface area contributed by atoms with Crippen LogP contribution in [0, 0.1) is 0 Å². The Hall–Kier alpha value is -3.03. The lowest BCUT2D eigenvalue weighted by atomic mass is 9.98. The molecule has 6 rings (SSSR count). The molecular formula is C27H24Cl2N2O5. The van der Waals surface area contributed by atoms with Crippen molar-refractivity contribution in [1.29, 1.82) is 0 Å². The minimum absolute atomic E-state index is 0.155. The van der Waals surface area contributed by atoms with Gasteiger partial charge < -0.3 is 19.3 Å². The molecule has 1 N–H and O–H groups in total. The van der Waals surface area contributed by atoms with E-state index in [2.05, 4.69) is 10.1 Å². The number of halogens is 2. The van der Waals surface area contributed by atoms with Crippen LogP contribution in [0.3, 0.4) is 0 Å². The molecule has 0 radical (unpaired) electrons. The first-order valence-electron chi connectivity index (χ1n) is 12.2. The fraction of sp³-hybridized carbons (Fsp3) is 0.370. The molecular weight excluding hydrogens is 503 g/mol. The molecule has 36 heavy (non-hydrogen) atoms. The van der Waals surface area contributed by atoms with Gasteiger partial charge in [0.05, 0.1) is 15.6 Å². The number of aromatic carboxylic acids is 1. The van der Waals surface area contributed by atoms with Crippen molar-refractivity contribution < 1.29 is 24.0 Å². The van der Waals surface area contributed by atoms with Gasteiger partial charge in [-0.3, -0.25) is 0 Å². The molecule has 2 bridgehead atoms. The highest BCUT2D eigenvalue weighted by Crippen LogP contribution is 2.47. The van der Waals surface area contributed by atoms with Crippen LogP contribution >= 0.6 is 23.2 Å². The smallest absolute Gasteiger partial charge is 0.344 e.